The summed E-state index contributed by atoms with van der Waals surface area (Å²) in [4.78, 5) is 15.9. The van der Waals surface area contributed by atoms with E-state index in [0.717, 1.165) is 38.3 Å². The number of hydrogen-bond acceptors (Lipinski definition) is 4. The molecule has 0 aromatic carbocycles. The van der Waals surface area contributed by atoms with Crippen molar-refractivity contribution in [3.63, 3.8) is 0 Å². The van der Waals surface area contributed by atoms with Gasteiger partial charge in [-0.05, 0) is 27.2 Å². The zero-order chi connectivity index (χ0) is 16.3. The smallest absolute Gasteiger partial charge is 0.251 e. The first-order valence-corrected chi connectivity index (χ1v) is 8.16. The van der Waals surface area contributed by atoms with Gasteiger partial charge in [0.05, 0.1) is 5.69 Å². The van der Waals surface area contributed by atoms with E-state index >= 15 is 0 Å². The van der Waals surface area contributed by atoms with Gasteiger partial charge in [0, 0.05) is 50.5 Å². The lowest BCUT2D eigenvalue weighted by molar-refractivity contribution is -0.141. The molecule has 0 bridgehead atoms. The molecule has 22 heavy (non-hydrogen) atoms. The molecule has 0 saturated carbocycles. The van der Waals surface area contributed by atoms with E-state index in [9.17, 15) is 9.90 Å². The standard InChI is InChI=1S/C16H28N4O2/c1-5-6-20-13(3)15(12(2)17-20)11-18-7-9-19(10-8-18)16(22)14(4)21/h14,21H,5-11H2,1-4H3. The van der Waals surface area contributed by atoms with E-state index in [-0.39, 0.29) is 5.91 Å². The summed E-state index contributed by atoms with van der Waals surface area (Å²) in [6.07, 6.45) is 0.185. The van der Waals surface area contributed by atoms with Crippen LogP contribution in [-0.2, 0) is 17.9 Å². The zero-order valence-corrected chi connectivity index (χ0v) is 14.2. The summed E-state index contributed by atoms with van der Waals surface area (Å²) < 4.78 is 2.10. The molecule has 124 valence electrons. The highest BCUT2D eigenvalue weighted by Gasteiger charge is 2.24. The SMILES string of the molecule is CCCn1nc(C)c(CN2CCN(C(=O)C(C)O)CC2)c1C. The Balaban J connectivity index is 1.95. The predicted octanol–water partition coefficient (Wildman–Crippen LogP) is 0.935. The fourth-order valence-corrected chi connectivity index (χ4v) is 3.01. The van der Waals surface area contributed by atoms with Gasteiger partial charge < -0.3 is 10.0 Å². The number of amides is 1. The van der Waals surface area contributed by atoms with Gasteiger partial charge >= 0.3 is 0 Å². The van der Waals surface area contributed by atoms with Gasteiger partial charge in [-0.25, -0.2) is 0 Å². The summed E-state index contributed by atoms with van der Waals surface area (Å²) >= 11 is 0. The number of carbonyl (C=O) groups excluding carboxylic acids is 1. The van der Waals surface area contributed by atoms with Crippen molar-refractivity contribution >= 4 is 5.91 Å². The molecule has 1 saturated heterocycles. The van der Waals surface area contributed by atoms with Gasteiger partial charge in [0.1, 0.15) is 6.10 Å². The number of aliphatic hydroxyl groups is 1. The number of piperazine rings is 1. The fraction of sp³-hybridized carbons (Fsp3) is 0.750. The van der Waals surface area contributed by atoms with Crippen LogP contribution in [0, 0.1) is 13.8 Å². The summed E-state index contributed by atoms with van der Waals surface area (Å²) in [5.41, 5.74) is 3.67. The second-order valence-electron chi connectivity index (χ2n) is 6.15. The van der Waals surface area contributed by atoms with Gasteiger partial charge in [0.15, 0.2) is 0 Å². The van der Waals surface area contributed by atoms with Gasteiger partial charge in [-0.2, -0.15) is 5.10 Å². The van der Waals surface area contributed by atoms with Crippen LogP contribution >= 0.6 is 0 Å². The summed E-state index contributed by atoms with van der Waals surface area (Å²) in [7, 11) is 0. The molecular weight excluding hydrogens is 280 g/mol. The number of rotatable bonds is 5. The van der Waals surface area contributed by atoms with Gasteiger partial charge in [0.2, 0.25) is 0 Å². The van der Waals surface area contributed by atoms with Crippen molar-refractivity contribution in [3.05, 3.63) is 17.0 Å². The van der Waals surface area contributed by atoms with E-state index in [0.29, 0.717) is 13.1 Å². The lowest BCUT2D eigenvalue weighted by Gasteiger charge is -2.35. The summed E-state index contributed by atoms with van der Waals surface area (Å²) in [6, 6.07) is 0. The van der Waals surface area contributed by atoms with Crippen LogP contribution in [-0.4, -0.2) is 62.9 Å². The highest BCUT2D eigenvalue weighted by Crippen LogP contribution is 2.17. The van der Waals surface area contributed by atoms with Crippen LogP contribution < -0.4 is 0 Å². The van der Waals surface area contributed by atoms with Crippen LogP contribution in [0.4, 0.5) is 0 Å². The normalized spacial score (nSPS) is 17.8. The van der Waals surface area contributed by atoms with E-state index in [1.165, 1.54) is 18.2 Å². The molecule has 1 amide bonds. The Morgan fingerprint density at radius 1 is 1.27 bits per heavy atom. The van der Waals surface area contributed by atoms with E-state index in [4.69, 9.17) is 0 Å². The molecule has 6 nitrogen and oxygen atoms in total. The highest BCUT2D eigenvalue weighted by molar-refractivity contribution is 5.80. The van der Waals surface area contributed by atoms with Crippen LogP contribution in [0.25, 0.3) is 0 Å². The van der Waals surface area contributed by atoms with Crippen LogP contribution in [0.1, 0.15) is 37.2 Å². The van der Waals surface area contributed by atoms with E-state index in [1.807, 2.05) is 0 Å². The quantitative estimate of drug-likeness (QED) is 0.879. The molecule has 2 heterocycles. The molecule has 1 atom stereocenters. The number of carbonyl (C=O) groups is 1. The second-order valence-corrected chi connectivity index (χ2v) is 6.15. The summed E-state index contributed by atoms with van der Waals surface area (Å²) in [5.74, 6) is -0.164. The number of nitrogens with zero attached hydrogens (tertiary/aromatic N) is 4. The van der Waals surface area contributed by atoms with Crippen molar-refractivity contribution in [3.8, 4) is 0 Å². The minimum Gasteiger partial charge on any atom is -0.384 e. The van der Waals surface area contributed by atoms with Gasteiger partial charge in [-0.3, -0.25) is 14.4 Å². The molecule has 1 aliphatic rings. The molecule has 1 aromatic rings. The van der Waals surface area contributed by atoms with Gasteiger partial charge in [-0.1, -0.05) is 6.92 Å². The number of aryl methyl sites for hydroxylation is 2. The third-order valence-corrected chi connectivity index (χ3v) is 4.39. The molecular formula is C16H28N4O2. The van der Waals surface area contributed by atoms with Crippen LogP contribution in [0.5, 0.6) is 0 Å². The Hall–Kier alpha value is -1.40. The average molecular weight is 308 g/mol. The molecule has 1 fully saturated rings. The first-order chi connectivity index (χ1) is 10.4. The van der Waals surface area contributed by atoms with Crippen molar-refractivity contribution in [2.45, 2.75) is 53.3 Å². The fourth-order valence-electron chi connectivity index (χ4n) is 3.01. The van der Waals surface area contributed by atoms with Crippen molar-refractivity contribution in [1.29, 1.82) is 0 Å². The monoisotopic (exact) mass is 308 g/mol. The lowest BCUT2D eigenvalue weighted by Crippen LogP contribution is -2.50. The maximum atomic E-state index is 11.8. The molecule has 1 unspecified atom stereocenters. The molecule has 0 aliphatic carbocycles. The maximum Gasteiger partial charge on any atom is 0.251 e. The number of aliphatic hydroxyl groups excluding tert-OH is 1. The van der Waals surface area contributed by atoms with Crippen molar-refractivity contribution in [2.75, 3.05) is 26.2 Å². The Labute approximate surface area is 132 Å². The van der Waals surface area contributed by atoms with Crippen LogP contribution in [0.2, 0.25) is 0 Å². The molecule has 1 aliphatic heterocycles. The van der Waals surface area contributed by atoms with Crippen LogP contribution in [0.15, 0.2) is 0 Å². The largest absolute Gasteiger partial charge is 0.384 e. The Bertz CT molecular complexity index is 516. The van der Waals surface area contributed by atoms with E-state index in [2.05, 4.69) is 35.5 Å². The van der Waals surface area contributed by atoms with Gasteiger partial charge in [-0.15, -0.1) is 0 Å². The maximum absolute atomic E-state index is 11.8. The molecule has 2 rings (SSSR count). The van der Waals surface area contributed by atoms with Crippen molar-refractivity contribution in [1.82, 2.24) is 19.6 Å². The molecule has 1 N–H and O–H groups in total. The number of hydrogen-bond donors (Lipinski definition) is 1. The summed E-state index contributed by atoms with van der Waals surface area (Å²) in [6.45, 7) is 12.8. The Kier molecular flexibility index (Phi) is 5.58. The molecule has 1 aromatic heterocycles. The highest BCUT2D eigenvalue weighted by atomic mass is 16.3. The van der Waals surface area contributed by atoms with Crippen molar-refractivity contribution in [2.24, 2.45) is 0 Å². The Morgan fingerprint density at radius 3 is 2.45 bits per heavy atom. The second kappa shape index (κ2) is 7.24. The molecule has 0 radical (unpaired) electrons. The minimum absolute atomic E-state index is 0.164. The first-order valence-electron chi connectivity index (χ1n) is 8.16. The third-order valence-electron chi connectivity index (χ3n) is 4.39. The minimum atomic E-state index is -0.900. The number of aromatic nitrogens is 2. The predicted molar refractivity (Wildman–Crippen MR) is 85.5 cm³/mol. The van der Waals surface area contributed by atoms with E-state index in [1.54, 1.807) is 4.90 Å². The Morgan fingerprint density at radius 2 is 1.91 bits per heavy atom. The third kappa shape index (κ3) is 3.67. The van der Waals surface area contributed by atoms with Crippen molar-refractivity contribution < 1.29 is 9.90 Å². The topological polar surface area (TPSA) is 61.6 Å². The molecule has 6 heteroatoms. The molecule has 0 spiro atoms. The lowest BCUT2D eigenvalue weighted by atomic mass is 10.1. The van der Waals surface area contributed by atoms with Crippen LogP contribution in [0.3, 0.4) is 0 Å². The van der Waals surface area contributed by atoms with Gasteiger partial charge in [0.25, 0.3) is 5.91 Å². The first kappa shape index (κ1) is 17.0. The van der Waals surface area contributed by atoms with E-state index < -0.39 is 6.10 Å². The average Bonchev–Trinajstić information content (AvgIpc) is 2.75. The zero-order valence-electron chi connectivity index (χ0n) is 14.2. The summed E-state index contributed by atoms with van der Waals surface area (Å²) in [5, 5.41) is 14.0.